The molecule has 1 saturated carbocycles. The second kappa shape index (κ2) is 6.38. The van der Waals surface area contributed by atoms with Gasteiger partial charge in [-0.2, -0.15) is 0 Å². The molecule has 1 aromatic rings. The van der Waals surface area contributed by atoms with Gasteiger partial charge < -0.3 is 10.4 Å². The predicted molar refractivity (Wildman–Crippen MR) is 70.9 cm³/mol. The molecule has 2 N–H and O–H groups in total. The highest BCUT2D eigenvalue weighted by Crippen LogP contribution is 2.26. The maximum atomic E-state index is 11.0. The summed E-state index contributed by atoms with van der Waals surface area (Å²) in [5.74, 6) is -0.174. The van der Waals surface area contributed by atoms with E-state index in [2.05, 4.69) is 10.3 Å². The minimum Gasteiger partial charge on any atom is -0.476 e. The van der Waals surface area contributed by atoms with Gasteiger partial charge in [-0.05, 0) is 24.5 Å². The molecule has 1 aliphatic carbocycles. The van der Waals surface area contributed by atoms with Gasteiger partial charge in [-0.1, -0.05) is 32.1 Å². The fraction of sp³-hybridized carbons (Fsp3) is 0.571. The topological polar surface area (TPSA) is 62.2 Å². The van der Waals surface area contributed by atoms with Gasteiger partial charge >= 0.3 is 5.97 Å². The Morgan fingerprint density at radius 3 is 2.89 bits per heavy atom. The van der Waals surface area contributed by atoms with E-state index in [0.717, 1.165) is 18.9 Å². The number of hydrogen-bond donors (Lipinski definition) is 2. The normalized spacial score (nSPS) is 16.4. The van der Waals surface area contributed by atoms with Crippen LogP contribution in [0.25, 0.3) is 0 Å². The van der Waals surface area contributed by atoms with Crippen LogP contribution < -0.4 is 5.32 Å². The van der Waals surface area contributed by atoms with Crippen LogP contribution in [-0.4, -0.2) is 22.6 Å². The average Bonchev–Trinajstić information content (AvgIpc) is 2.40. The molecule has 0 radical (unpaired) electrons. The number of nitrogens with zero attached hydrogens (tertiary/aromatic N) is 1. The Morgan fingerprint density at radius 2 is 2.17 bits per heavy atom. The molecule has 0 atom stereocenters. The molecule has 1 aromatic heterocycles. The highest BCUT2D eigenvalue weighted by molar-refractivity contribution is 5.91. The van der Waals surface area contributed by atoms with E-state index in [1.807, 2.05) is 0 Å². The Hall–Kier alpha value is -1.58. The van der Waals surface area contributed by atoms with Crippen molar-refractivity contribution in [2.24, 2.45) is 5.92 Å². The number of hydrogen-bond acceptors (Lipinski definition) is 3. The van der Waals surface area contributed by atoms with Crippen molar-refractivity contribution in [3.8, 4) is 0 Å². The zero-order valence-corrected chi connectivity index (χ0v) is 10.6. The minimum atomic E-state index is -0.976. The van der Waals surface area contributed by atoms with Crippen molar-refractivity contribution in [3.63, 3.8) is 0 Å². The van der Waals surface area contributed by atoms with Gasteiger partial charge in [0, 0.05) is 12.7 Å². The lowest BCUT2D eigenvalue weighted by Crippen LogP contribution is -2.14. The third kappa shape index (κ3) is 3.45. The third-order valence-electron chi connectivity index (χ3n) is 3.60. The highest BCUT2D eigenvalue weighted by Gasteiger charge is 2.14. The Bertz CT molecular complexity index is 401. The molecular weight excluding hydrogens is 228 g/mol. The number of anilines is 1. The summed E-state index contributed by atoms with van der Waals surface area (Å²) < 4.78 is 0. The van der Waals surface area contributed by atoms with Crippen LogP contribution in [0.2, 0.25) is 0 Å². The highest BCUT2D eigenvalue weighted by atomic mass is 16.4. The summed E-state index contributed by atoms with van der Waals surface area (Å²) in [4.78, 5) is 14.9. The smallest absolute Gasteiger partial charge is 0.356 e. The lowest BCUT2D eigenvalue weighted by atomic mass is 9.87. The fourth-order valence-corrected chi connectivity index (χ4v) is 2.61. The monoisotopic (exact) mass is 248 g/mol. The quantitative estimate of drug-likeness (QED) is 0.840. The van der Waals surface area contributed by atoms with Crippen molar-refractivity contribution in [1.29, 1.82) is 0 Å². The molecule has 1 fully saturated rings. The van der Waals surface area contributed by atoms with Crippen molar-refractivity contribution in [1.82, 2.24) is 4.98 Å². The van der Waals surface area contributed by atoms with Crippen molar-refractivity contribution in [2.45, 2.75) is 38.5 Å². The molecular formula is C14H20N2O2. The van der Waals surface area contributed by atoms with Gasteiger partial charge in [0.15, 0.2) is 5.69 Å². The molecule has 1 aliphatic rings. The number of rotatable bonds is 5. The van der Waals surface area contributed by atoms with Crippen molar-refractivity contribution in [2.75, 3.05) is 11.9 Å². The van der Waals surface area contributed by atoms with Crippen molar-refractivity contribution < 1.29 is 9.90 Å². The first-order valence-corrected chi connectivity index (χ1v) is 6.69. The first-order chi connectivity index (χ1) is 8.77. The summed E-state index contributed by atoms with van der Waals surface area (Å²) in [7, 11) is 0. The van der Waals surface area contributed by atoms with Crippen LogP contribution in [0.5, 0.6) is 0 Å². The van der Waals surface area contributed by atoms with Gasteiger partial charge in [0.2, 0.25) is 0 Å². The van der Waals surface area contributed by atoms with Crippen LogP contribution in [0, 0.1) is 5.92 Å². The summed E-state index contributed by atoms with van der Waals surface area (Å²) in [5.41, 5.74) is 0.738. The maximum Gasteiger partial charge on any atom is 0.356 e. The van der Waals surface area contributed by atoms with E-state index in [1.54, 1.807) is 12.1 Å². The van der Waals surface area contributed by atoms with E-state index in [9.17, 15) is 4.79 Å². The molecule has 0 aliphatic heterocycles. The number of carboxylic acids is 1. The number of carbonyl (C=O) groups is 1. The Kier molecular flexibility index (Phi) is 4.56. The molecule has 0 amide bonds. The SMILES string of the molecule is O=C(O)c1ncccc1NCCC1CCCCC1. The largest absolute Gasteiger partial charge is 0.476 e. The number of aromatic nitrogens is 1. The number of nitrogens with one attached hydrogen (secondary N) is 1. The molecule has 18 heavy (non-hydrogen) atoms. The van der Waals surface area contributed by atoms with Gasteiger partial charge in [-0.15, -0.1) is 0 Å². The summed E-state index contributed by atoms with van der Waals surface area (Å²) >= 11 is 0. The Balaban J connectivity index is 1.84. The van der Waals surface area contributed by atoms with Gasteiger partial charge in [-0.3, -0.25) is 0 Å². The van der Waals surface area contributed by atoms with E-state index in [4.69, 9.17) is 5.11 Å². The lowest BCUT2D eigenvalue weighted by Gasteiger charge is -2.21. The van der Waals surface area contributed by atoms with Crippen LogP contribution in [-0.2, 0) is 0 Å². The molecule has 0 aromatic carbocycles. The summed E-state index contributed by atoms with van der Waals surface area (Å²) in [6.45, 7) is 0.830. The van der Waals surface area contributed by atoms with Gasteiger partial charge in [0.25, 0.3) is 0 Å². The van der Waals surface area contributed by atoms with E-state index >= 15 is 0 Å². The zero-order chi connectivity index (χ0) is 12.8. The first-order valence-electron chi connectivity index (χ1n) is 6.69. The van der Waals surface area contributed by atoms with Crippen LogP contribution in [0.4, 0.5) is 5.69 Å². The molecule has 0 bridgehead atoms. The van der Waals surface area contributed by atoms with Crippen LogP contribution in [0.3, 0.4) is 0 Å². The molecule has 0 unspecified atom stereocenters. The number of carboxylic acid groups (broad SMARTS) is 1. The van der Waals surface area contributed by atoms with E-state index in [1.165, 1.54) is 38.3 Å². The molecule has 0 saturated heterocycles. The Morgan fingerprint density at radius 1 is 1.39 bits per heavy atom. The lowest BCUT2D eigenvalue weighted by molar-refractivity contribution is 0.0691. The average molecular weight is 248 g/mol. The molecule has 2 rings (SSSR count). The van der Waals surface area contributed by atoms with Gasteiger partial charge in [0.1, 0.15) is 0 Å². The number of aromatic carboxylic acids is 1. The van der Waals surface area contributed by atoms with Crippen molar-refractivity contribution in [3.05, 3.63) is 24.0 Å². The van der Waals surface area contributed by atoms with Crippen molar-refractivity contribution >= 4 is 11.7 Å². The molecule has 4 heteroatoms. The maximum absolute atomic E-state index is 11.0. The third-order valence-corrected chi connectivity index (χ3v) is 3.60. The summed E-state index contributed by atoms with van der Waals surface area (Å²) in [6, 6.07) is 3.53. The molecule has 98 valence electrons. The Labute approximate surface area is 107 Å². The summed E-state index contributed by atoms with van der Waals surface area (Å²) in [6.07, 6.45) is 9.33. The standard InChI is InChI=1S/C14H20N2O2/c17-14(18)13-12(7-4-9-16-13)15-10-8-11-5-2-1-3-6-11/h4,7,9,11,15H,1-3,5-6,8,10H2,(H,17,18). The van der Waals surface area contributed by atoms with Crippen LogP contribution >= 0.6 is 0 Å². The van der Waals surface area contributed by atoms with Crippen LogP contribution in [0.1, 0.15) is 49.0 Å². The fourth-order valence-electron chi connectivity index (χ4n) is 2.61. The van der Waals surface area contributed by atoms with Gasteiger partial charge in [-0.25, -0.2) is 9.78 Å². The van der Waals surface area contributed by atoms with E-state index < -0.39 is 5.97 Å². The molecule has 4 nitrogen and oxygen atoms in total. The van der Waals surface area contributed by atoms with Crippen LogP contribution in [0.15, 0.2) is 18.3 Å². The zero-order valence-electron chi connectivity index (χ0n) is 10.6. The van der Waals surface area contributed by atoms with E-state index in [0.29, 0.717) is 5.69 Å². The number of pyridine rings is 1. The second-order valence-corrected chi connectivity index (χ2v) is 4.92. The second-order valence-electron chi connectivity index (χ2n) is 4.92. The molecule has 1 heterocycles. The van der Waals surface area contributed by atoms with Gasteiger partial charge in [0.05, 0.1) is 5.69 Å². The minimum absolute atomic E-state index is 0.112. The molecule has 0 spiro atoms. The van der Waals surface area contributed by atoms with E-state index in [-0.39, 0.29) is 5.69 Å². The predicted octanol–water partition coefficient (Wildman–Crippen LogP) is 3.16. The summed E-state index contributed by atoms with van der Waals surface area (Å²) in [5, 5.41) is 12.2. The first kappa shape index (κ1) is 12.9.